The summed E-state index contributed by atoms with van der Waals surface area (Å²) in [4.78, 5) is 11.0. The van der Waals surface area contributed by atoms with E-state index in [1.54, 1.807) is 0 Å². The van der Waals surface area contributed by atoms with E-state index in [9.17, 15) is 4.79 Å². The molecule has 1 unspecified atom stereocenters. The smallest absolute Gasteiger partial charge is 0.221 e. The van der Waals surface area contributed by atoms with Gasteiger partial charge in [0.15, 0.2) is 0 Å². The average molecular weight is 262 g/mol. The summed E-state index contributed by atoms with van der Waals surface area (Å²) in [5.74, 6) is -0.0458. The first-order valence-corrected chi connectivity index (χ1v) is 6.97. The third-order valence-electron chi connectivity index (χ3n) is 3.24. The summed E-state index contributed by atoms with van der Waals surface area (Å²) >= 11 is 0. The monoisotopic (exact) mass is 262 g/mol. The first kappa shape index (κ1) is 13.9. The van der Waals surface area contributed by atoms with Gasteiger partial charge in [0.2, 0.25) is 5.91 Å². The van der Waals surface area contributed by atoms with E-state index in [1.807, 2.05) is 24.3 Å². The van der Waals surface area contributed by atoms with Crippen molar-refractivity contribution >= 4 is 17.3 Å². The fourth-order valence-electron chi connectivity index (χ4n) is 2.34. The Morgan fingerprint density at radius 1 is 1.42 bits per heavy atom. The SMILES string of the molecule is CC(=O)Nc1cccc(NCCCC2CCCO2)c1. The lowest BCUT2D eigenvalue weighted by atomic mass is 10.1. The van der Waals surface area contributed by atoms with E-state index in [1.165, 1.54) is 19.8 Å². The van der Waals surface area contributed by atoms with Crippen LogP contribution in [-0.4, -0.2) is 25.2 Å². The predicted octanol–water partition coefficient (Wildman–Crippen LogP) is 3.02. The van der Waals surface area contributed by atoms with Crippen molar-refractivity contribution in [3.05, 3.63) is 24.3 Å². The number of carbonyl (C=O) groups is 1. The second-order valence-corrected chi connectivity index (χ2v) is 4.97. The molecule has 1 fully saturated rings. The summed E-state index contributed by atoms with van der Waals surface area (Å²) in [6.07, 6.45) is 5.11. The van der Waals surface area contributed by atoms with Gasteiger partial charge in [0.1, 0.15) is 0 Å². The molecular formula is C15H22N2O2. The molecule has 0 radical (unpaired) electrons. The third-order valence-corrected chi connectivity index (χ3v) is 3.24. The summed E-state index contributed by atoms with van der Waals surface area (Å²) in [7, 11) is 0. The number of benzene rings is 1. The van der Waals surface area contributed by atoms with Gasteiger partial charge in [0, 0.05) is 31.5 Å². The molecule has 2 rings (SSSR count). The molecule has 1 saturated heterocycles. The number of rotatable bonds is 6. The number of nitrogens with one attached hydrogen (secondary N) is 2. The van der Waals surface area contributed by atoms with Gasteiger partial charge in [-0.1, -0.05) is 6.07 Å². The number of hydrogen-bond donors (Lipinski definition) is 2. The van der Waals surface area contributed by atoms with E-state index in [0.29, 0.717) is 6.10 Å². The highest BCUT2D eigenvalue weighted by molar-refractivity contribution is 5.89. The van der Waals surface area contributed by atoms with E-state index in [-0.39, 0.29) is 5.91 Å². The van der Waals surface area contributed by atoms with Crippen molar-refractivity contribution < 1.29 is 9.53 Å². The van der Waals surface area contributed by atoms with E-state index < -0.39 is 0 Å². The molecule has 1 aliphatic rings. The molecule has 0 saturated carbocycles. The number of hydrogen-bond acceptors (Lipinski definition) is 3. The fraction of sp³-hybridized carbons (Fsp3) is 0.533. The summed E-state index contributed by atoms with van der Waals surface area (Å²) in [5.41, 5.74) is 1.87. The Morgan fingerprint density at radius 3 is 3.00 bits per heavy atom. The second-order valence-electron chi connectivity index (χ2n) is 4.97. The van der Waals surface area contributed by atoms with Gasteiger partial charge in [-0.15, -0.1) is 0 Å². The van der Waals surface area contributed by atoms with Crippen LogP contribution in [-0.2, 0) is 9.53 Å². The Labute approximate surface area is 114 Å². The van der Waals surface area contributed by atoms with Crippen LogP contribution in [0.2, 0.25) is 0 Å². The molecule has 19 heavy (non-hydrogen) atoms. The number of ether oxygens (including phenoxy) is 1. The molecule has 1 atom stereocenters. The van der Waals surface area contributed by atoms with Gasteiger partial charge in [0.05, 0.1) is 6.10 Å². The van der Waals surface area contributed by atoms with Gasteiger partial charge in [-0.2, -0.15) is 0 Å². The highest BCUT2D eigenvalue weighted by Gasteiger charge is 2.14. The maximum Gasteiger partial charge on any atom is 0.221 e. The van der Waals surface area contributed by atoms with Crippen LogP contribution in [0.4, 0.5) is 11.4 Å². The van der Waals surface area contributed by atoms with Crippen LogP contribution in [0.15, 0.2) is 24.3 Å². The number of carbonyl (C=O) groups excluding carboxylic acids is 1. The van der Waals surface area contributed by atoms with Gasteiger partial charge in [0.25, 0.3) is 0 Å². The van der Waals surface area contributed by atoms with Gasteiger partial charge >= 0.3 is 0 Å². The molecule has 0 spiro atoms. The van der Waals surface area contributed by atoms with Crippen molar-refractivity contribution in [3.63, 3.8) is 0 Å². The molecule has 1 aromatic rings. The largest absolute Gasteiger partial charge is 0.385 e. The Hall–Kier alpha value is -1.55. The molecule has 0 aliphatic carbocycles. The van der Waals surface area contributed by atoms with Gasteiger partial charge in [-0.05, 0) is 43.9 Å². The minimum Gasteiger partial charge on any atom is -0.385 e. The van der Waals surface area contributed by atoms with Crippen molar-refractivity contribution in [2.75, 3.05) is 23.8 Å². The average Bonchev–Trinajstić information content (AvgIpc) is 2.87. The lowest BCUT2D eigenvalue weighted by Crippen LogP contribution is -2.09. The molecule has 1 aromatic carbocycles. The van der Waals surface area contributed by atoms with E-state index in [0.717, 1.165) is 37.4 Å². The van der Waals surface area contributed by atoms with Crippen LogP contribution < -0.4 is 10.6 Å². The first-order valence-electron chi connectivity index (χ1n) is 6.97. The maximum atomic E-state index is 11.0. The minimum absolute atomic E-state index is 0.0458. The van der Waals surface area contributed by atoms with Crippen LogP contribution in [0, 0.1) is 0 Å². The molecule has 1 amide bonds. The molecule has 4 heteroatoms. The third kappa shape index (κ3) is 4.91. The summed E-state index contributed by atoms with van der Waals surface area (Å²) in [5, 5.41) is 6.16. The van der Waals surface area contributed by atoms with Crippen molar-refractivity contribution in [2.45, 2.75) is 38.7 Å². The summed E-state index contributed by atoms with van der Waals surface area (Å²) in [6, 6.07) is 7.79. The van der Waals surface area contributed by atoms with Crippen LogP contribution in [0.3, 0.4) is 0 Å². The van der Waals surface area contributed by atoms with Crippen LogP contribution in [0.5, 0.6) is 0 Å². The van der Waals surface area contributed by atoms with E-state index >= 15 is 0 Å². The Balaban J connectivity index is 1.71. The minimum atomic E-state index is -0.0458. The van der Waals surface area contributed by atoms with Crippen LogP contribution in [0.25, 0.3) is 0 Å². The predicted molar refractivity (Wildman–Crippen MR) is 77.4 cm³/mol. The quantitative estimate of drug-likeness (QED) is 0.775. The van der Waals surface area contributed by atoms with Crippen molar-refractivity contribution in [1.82, 2.24) is 0 Å². The topological polar surface area (TPSA) is 50.4 Å². The standard InChI is InChI=1S/C15H22N2O2/c1-12(18)17-14-6-2-5-13(11-14)16-9-3-7-15-8-4-10-19-15/h2,5-6,11,15-16H,3-4,7-10H2,1H3,(H,17,18). The van der Waals surface area contributed by atoms with Crippen molar-refractivity contribution in [3.8, 4) is 0 Å². The Morgan fingerprint density at radius 2 is 2.26 bits per heavy atom. The zero-order valence-corrected chi connectivity index (χ0v) is 11.4. The summed E-state index contributed by atoms with van der Waals surface area (Å²) in [6.45, 7) is 3.38. The normalized spacial score (nSPS) is 18.3. The number of anilines is 2. The highest BCUT2D eigenvalue weighted by Crippen LogP contribution is 2.18. The van der Waals surface area contributed by atoms with Gasteiger partial charge in [-0.3, -0.25) is 4.79 Å². The zero-order chi connectivity index (χ0) is 13.5. The molecule has 0 aromatic heterocycles. The molecular weight excluding hydrogens is 240 g/mol. The van der Waals surface area contributed by atoms with Crippen molar-refractivity contribution in [1.29, 1.82) is 0 Å². The van der Waals surface area contributed by atoms with E-state index in [4.69, 9.17) is 4.74 Å². The van der Waals surface area contributed by atoms with Gasteiger partial charge < -0.3 is 15.4 Å². The molecule has 0 bridgehead atoms. The highest BCUT2D eigenvalue weighted by atomic mass is 16.5. The Bertz CT molecular complexity index is 414. The zero-order valence-electron chi connectivity index (χ0n) is 11.4. The Kier molecular flexibility index (Phi) is 5.21. The maximum absolute atomic E-state index is 11.0. The van der Waals surface area contributed by atoms with Crippen LogP contribution >= 0.6 is 0 Å². The second kappa shape index (κ2) is 7.14. The molecule has 104 valence electrons. The molecule has 1 heterocycles. The summed E-state index contributed by atoms with van der Waals surface area (Å²) < 4.78 is 5.59. The van der Waals surface area contributed by atoms with Crippen molar-refractivity contribution in [2.24, 2.45) is 0 Å². The lowest BCUT2D eigenvalue weighted by Gasteiger charge is -2.11. The molecule has 4 nitrogen and oxygen atoms in total. The number of amides is 1. The molecule has 2 N–H and O–H groups in total. The van der Waals surface area contributed by atoms with Crippen LogP contribution in [0.1, 0.15) is 32.6 Å². The molecule has 1 aliphatic heterocycles. The fourth-order valence-corrected chi connectivity index (χ4v) is 2.34. The lowest BCUT2D eigenvalue weighted by molar-refractivity contribution is -0.114. The first-order chi connectivity index (χ1) is 9.24. The van der Waals surface area contributed by atoms with E-state index in [2.05, 4.69) is 10.6 Å². The van der Waals surface area contributed by atoms with Gasteiger partial charge in [-0.25, -0.2) is 0 Å².